The maximum atomic E-state index is 11.6. The summed E-state index contributed by atoms with van der Waals surface area (Å²) in [6.07, 6.45) is -1.08. The molecule has 1 aliphatic rings. The molecule has 31 heavy (non-hydrogen) atoms. The molecule has 0 unspecified atom stereocenters. The standard InChI is InChI=1S/C18H28O11S2/c1-23-14-8-6-13(7-9-14)10-26-16-15(24-2)17(25-3)29-18(16,11-27-30(4,19)20)12-28-31(5,21)22/h6-9,15-17H,10-12H2,1-5H3/t15-,16+,17+/m1/s1. The van der Waals surface area contributed by atoms with E-state index >= 15 is 0 Å². The molecule has 0 amide bonds. The van der Waals surface area contributed by atoms with E-state index in [1.54, 1.807) is 31.4 Å². The van der Waals surface area contributed by atoms with Gasteiger partial charge in [0.1, 0.15) is 36.8 Å². The highest BCUT2D eigenvalue weighted by Gasteiger charge is 2.58. The molecule has 0 bridgehead atoms. The van der Waals surface area contributed by atoms with Crippen molar-refractivity contribution in [2.24, 2.45) is 0 Å². The molecule has 1 saturated heterocycles. The van der Waals surface area contributed by atoms with Crippen LogP contribution < -0.4 is 4.74 Å². The fourth-order valence-corrected chi connectivity index (χ4v) is 3.89. The Kier molecular flexibility index (Phi) is 8.81. The Labute approximate surface area is 182 Å². The maximum Gasteiger partial charge on any atom is 0.264 e. The molecule has 0 radical (unpaired) electrons. The number of ether oxygens (including phenoxy) is 5. The van der Waals surface area contributed by atoms with Gasteiger partial charge in [0.05, 0.1) is 26.2 Å². The Morgan fingerprint density at radius 3 is 1.87 bits per heavy atom. The van der Waals surface area contributed by atoms with E-state index in [2.05, 4.69) is 0 Å². The second kappa shape index (κ2) is 10.5. The first-order valence-corrected chi connectivity index (χ1v) is 12.7. The monoisotopic (exact) mass is 484 g/mol. The largest absolute Gasteiger partial charge is 0.497 e. The summed E-state index contributed by atoms with van der Waals surface area (Å²) in [6.45, 7) is -1.07. The minimum Gasteiger partial charge on any atom is -0.497 e. The summed E-state index contributed by atoms with van der Waals surface area (Å²) in [7, 11) is -3.46. The van der Waals surface area contributed by atoms with E-state index in [4.69, 9.17) is 32.1 Å². The molecule has 3 atom stereocenters. The van der Waals surface area contributed by atoms with E-state index in [0.717, 1.165) is 18.1 Å². The third-order valence-electron chi connectivity index (χ3n) is 4.56. The Morgan fingerprint density at radius 2 is 1.45 bits per heavy atom. The van der Waals surface area contributed by atoms with Gasteiger partial charge in [-0.25, -0.2) is 0 Å². The van der Waals surface area contributed by atoms with Crippen LogP contribution in [-0.4, -0.2) is 88.0 Å². The zero-order chi connectivity index (χ0) is 23.3. The summed E-state index contributed by atoms with van der Waals surface area (Å²) in [4.78, 5) is 0. The normalized spacial score (nSPS) is 23.7. The second-order valence-electron chi connectivity index (χ2n) is 7.00. The summed E-state index contributed by atoms with van der Waals surface area (Å²) in [5.74, 6) is 0.666. The SMILES string of the molecule is COc1ccc(CO[C@H]2[C@@H](OC)[C@@H](OC)OC2(COS(C)(=O)=O)COS(C)(=O)=O)cc1. The van der Waals surface area contributed by atoms with Gasteiger partial charge in [0.2, 0.25) is 0 Å². The summed E-state index contributed by atoms with van der Waals surface area (Å²) in [5, 5.41) is 0. The highest BCUT2D eigenvalue weighted by atomic mass is 32.2. The van der Waals surface area contributed by atoms with Gasteiger partial charge in [-0.3, -0.25) is 8.37 Å². The van der Waals surface area contributed by atoms with Crippen LogP contribution in [-0.2, 0) is 54.2 Å². The van der Waals surface area contributed by atoms with Crippen molar-refractivity contribution in [2.45, 2.75) is 30.7 Å². The van der Waals surface area contributed by atoms with E-state index in [9.17, 15) is 16.8 Å². The van der Waals surface area contributed by atoms with Crippen LogP contribution in [0.15, 0.2) is 24.3 Å². The van der Waals surface area contributed by atoms with Crippen molar-refractivity contribution in [1.29, 1.82) is 0 Å². The molecule has 13 heteroatoms. The van der Waals surface area contributed by atoms with E-state index in [0.29, 0.717) is 5.75 Å². The van der Waals surface area contributed by atoms with Crippen LogP contribution in [0.2, 0.25) is 0 Å². The molecule has 1 heterocycles. The summed E-state index contributed by atoms with van der Waals surface area (Å²) in [6, 6.07) is 7.07. The summed E-state index contributed by atoms with van der Waals surface area (Å²) >= 11 is 0. The molecule has 0 saturated carbocycles. The predicted octanol–water partition coefficient (Wildman–Crippen LogP) is 0.289. The molecule has 2 rings (SSSR count). The van der Waals surface area contributed by atoms with Crippen LogP contribution in [0.4, 0.5) is 0 Å². The van der Waals surface area contributed by atoms with Crippen molar-refractivity contribution in [1.82, 2.24) is 0 Å². The van der Waals surface area contributed by atoms with Crippen molar-refractivity contribution in [2.75, 3.05) is 47.1 Å². The average Bonchev–Trinajstić information content (AvgIpc) is 3.02. The van der Waals surface area contributed by atoms with Gasteiger partial charge in [0.25, 0.3) is 20.2 Å². The molecule has 0 aliphatic carbocycles. The Hall–Kier alpha value is -1.32. The van der Waals surface area contributed by atoms with Gasteiger partial charge < -0.3 is 23.7 Å². The highest BCUT2D eigenvalue weighted by molar-refractivity contribution is 7.86. The first-order chi connectivity index (χ1) is 14.4. The fraction of sp³-hybridized carbons (Fsp3) is 0.667. The molecule has 0 aromatic heterocycles. The third-order valence-corrected chi connectivity index (χ3v) is 5.66. The molecule has 1 aromatic carbocycles. The van der Waals surface area contributed by atoms with Gasteiger partial charge in [-0.05, 0) is 17.7 Å². The zero-order valence-electron chi connectivity index (χ0n) is 18.0. The lowest BCUT2D eigenvalue weighted by Crippen LogP contribution is -2.53. The molecule has 0 spiro atoms. The molecular formula is C18H28O11S2. The molecule has 1 aliphatic heterocycles. The topological polar surface area (TPSA) is 133 Å². The van der Waals surface area contributed by atoms with E-state index in [-0.39, 0.29) is 6.61 Å². The Morgan fingerprint density at radius 1 is 0.903 bits per heavy atom. The van der Waals surface area contributed by atoms with Gasteiger partial charge in [-0.2, -0.15) is 16.8 Å². The van der Waals surface area contributed by atoms with Gasteiger partial charge in [-0.15, -0.1) is 0 Å². The zero-order valence-corrected chi connectivity index (χ0v) is 19.6. The van der Waals surface area contributed by atoms with E-state index in [1.165, 1.54) is 14.2 Å². The van der Waals surface area contributed by atoms with Crippen LogP contribution in [0.5, 0.6) is 5.75 Å². The lowest BCUT2D eigenvalue weighted by molar-refractivity contribution is -0.197. The highest BCUT2D eigenvalue weighted by Crippen LogP contribution is 2.37. The van der Waals surface area contributed by atoms with Crippen LogP contribution >= 0.6 is 0 Å². The quantitative estimate of drug-likeness (QED) is 0.379. The van der Waals surface area contributed by atoms with Gasteiger partial charge in [0.15, 0.2) is 6.29 Å². The molecule has 178 valence electrons. The van der Waals surface area contributed by atoms with Crippen molar-refractivity contribution in [3.8, 4) is 5.75 Å². The number of methoxy groups -OCH3 is 3. The lowest BCUT2D eigenvalue weighted by atomic mass is 9.96. The van der Waals surface area contributed by atoms with E-state index in [1.807, 2.05) is 0 Å². The van der Waals surface area contributed by atoms with Crippen molar-refractivity contribution in [3.05, 3.63) is 29.8 Å². The van der Waals surface area contributed by atoms with Crippen LogP contribution in [0.1, 0.15) is 5.56 Å². The first kappa shape index (κ1) is 25.9. The minimum atomic E-state index is -3.89. The fourth-order valence-electron chi connectivity index (χ4n) is 3.07. The van der Waals surface area contributed by atoms with Crippen LogP contribution in [0.3, 0.4) is 0 Å². The van der Waals surface area contributed by atoms with Crippen molar-refractivity contribution in [3.63, 3.8) is 0 Å². The summed E-state index contributed by atoms with van der Waals surface area (Å²) in [5.41, 5.74) is -0.876. The smallest absolute Gasteiger partial charge is 0.264 e. The molecule has 0 N–H and O–H groups in total. The maximum absolute atomic E-state index is 11.6. The van der Waals surface area contributed by atoms with Gasteiger partial charge in [0, 0.05) is 14.2 Å². The molecule has 1 fully saturated rings. The van der Waals surface area contributed by atoms with Gasteiger partial charge in [-0.1, -0.05) is 12.1 Å². The van der Waals surface area contributed by atoms with Crippen LogP contribution in [0, 0.1) is 0 Å². The van der Waals surface area contributed by atoms with Crippen molar-refractivity contribution < 1.29 is 48.9 Å². The molecular weight excluding hydrogens is 456 g/mol. The first-order valence-electron chi connectivity index (χ1n) is 9.10. The second-order valence-corrected chi connectivity index (χ2v) is 10.3. The predicted molar refractivity (Wildman–Crippen MR) is 109 cm³/mol. The van der Waals surface area contributed by atoms with E-state index < -0.39 is 57.5 Å². The number of benzene rings is 1. The number of hydrogen-bond donors (Lipinski definition) is 0. The number of rotatable bonds is 12. The third kappa shape index (κ3) is 7.36. The molecule has 1 aromatic rings. The Balaban J connectivity index is 2.35. The minimum absolute atomic E-state index is 0.0772. The average molecular weight is 485 g/mol. The van der Waals surface area contributed by atoms with Gasteiger partial charge >= 0.3 is 0 Å². The Bertz CT molecular complexity index is 876. The van der Waals surface area contributed by atoms with Crippen LogP contribution in [0.25, 0.3) is 0 Å². The summed E-state index contributed by atoms with van der Waals surface area (Å²) < 4.78 is 84.2. The lowest BCUT2D eigenvalue weighted by Gasteiger charge is -2.33. The number of hydrogen-bond acceptors (Lipinski definition) is 11. The van der Waals surface area contributed by atoms with Crippen molar-refractivity contribution >= 4 is 20.2 Å². The molecule has 11 nitrogen and oxygen atoms in total.